The van der Waals surface area contributed by atoms with E-state index in [1.807, 2.05) is 41.1 Å². The summed E-state index contributed by atoms with van der Waals surface area (Å²) in [6.45, 7) is 0.693. The number of nitrogens with two attached hydrogens (primary N) is 2. The molecule has 0 atom stereocenters. The number of imidazole rings is 1. The first kappa shape index (κ1) is 24.5. The van der Waals surface area contributed by atoms with Crippen LogP contribution in [0.3, 0.4) is 0 Å². The molecule has 188 valence electrons. The first-order chi connectivity index (χ1) is 18.4. The van der Waals surface area contributed by atoms with Gasteiger partial charge in [0.25, 0.3) is 11.8 Å². The highest BCUT2D eigenvalue weighted by atomic mass is 19.1. The number of primary amides is 1. The van der Waals surface area contributed by atoms with Gasteiger partial charge in [-0.2, -0.15) is 0 Å². The molecule has 0 saturated carbocycles. The van der Waals surface area contributed by atoms with Gasteiger partial charge in [-0.3, -0.25) is 9.59 Å². The molecule has 0 spiro atoms. The fourth-order valence-electron chi connectivity index (χ4n) is 4.19. The maximum atomic E-state index is 13.4. The maximum Gasteiger partial charge on any atom is 0.255 e. The Hall–Kier alpha value is -5.24. The number of nitrogens with zero attached hydrogens (tertiary/aromatic N) is 2. The summed E-state index contributed by atoms with van der Waals surface area (Å²) >= 11 is 0. The summed E-state index contributed by atoms with van der Waals surface area (Å²) in [6, 6.07) is 23.8. The Labute approximate surface area is 218 Å². The number of aromatic nitrogens is 2. The van der Waals surface area contributed by atoms with Crippen molar-refractivity contribution in [3.05, 3.63) is 126 Å². The van der Waals surface area contributed by atoms with Crippen LogP contribution in [0.25, 0.3) is 22.3 Å². The minimum atomic E-state index is -0.667. The second kappa shape index (κ2) is 10.4. The number of carbonyl (C=O) groups is 2. The van der Waals surface area contributed by atoms with Crippen LogP contribution in [0.1, 0.15) is 26.3 Å². The van der Waals surface area contributed by atoms with E-state index in [9.17, 15) is 14.0 Å². The van der Waals surface area contributed by atoms with Gasteiger partial charge in [-0.25, -0.2) is 9.37 Å². The van der Waals surface area contributed by atoms with Crippen molar-refractivity contribution >= 4 is 23.2 Å². The first-order valence-electron chi connectivity index (χ1n) is 11.8. The Kier molecular flexibility index (Phi) is 6.69. The van der Waals surface area contributed by atoms with Crippen LogP contribution < -0.4 is 16.8 Å². The molecule has 0 aliphatic heterocycles. The van der Waals surface area contributed by atoms with E-state index in [2.05, 4.69) is 10.3 Å². The summed E-state index contributed by atoms with van der Waals surface area (Å²) in [5, 5.41) is 2.90. The minimum Gasteiger partial charge on any atom is -0.398 e. The first-order valence-corrected chi connectivity index (χ1v) is 11.8. The summed E-state index contributed by atoms with van der Waals surface area (Å²) in [6.07, 6.45) is 5.37. The van der Waals surface area contributed by atoms with Crippen molar-refractivity contribution in [3.8, 4) is 22.3 Å². The summed E-state index contributed by atoms with van der Waals surface area (Å²) < 4.78 is 15.4. The molecule has 0 radical (unpaired) electrons. The van der Waals surface area contributed by atoms with Crippen molar-refractivity contribution in [2.75, 3.05) is 11.1 Å². The predicted molar refractivity (Wildman–Crippen MR) is 146 cm³/mol. The average molecular weight is 506 g/mol. The molecule has 7 nitrogen and oxygen atoms in total. The van der Waals surface area contributed by atoms with Crippen LogP contribution in [0.2, 0.25) is 0 Å². The van der Waals surface area contributed by atoms with Gasteiger partial charge in [-0.05, 0) is 70.8 Å². The molecule has 5 aromatic rings. The van der Waals surface area contributed by atoms with Crippen molar-refractivity contribution in [1.82, 2.24) is 9.55 Å². The zero-order valence-electron chi connectivity index (χ0n) is 20.3. The number of nitrogens with one attached hydrogen (secondary N) is 1. The van der Waals surface area contributed by atoms with Crippen molar-refractivity contribution in [2.24, 2.45) is 5.73 Å². The number of halogens is 1. The van der Waals surface area contributed by atoms with Crippen LogP contribution in [-0.4, -0.2) is 21.4 Å². The molecular weight excluding hydrogens is 481 g/mol. The smallest absolute Gasteiger partial charge is 0.255 e. The fourth-order valence-corrected chi connectivity index (χ4v) is 4.19. The third kappa shape index (κ3) is 5.29. The number of hydrogen-bond acceptors (Lipinski definition) is 4. The number of rotatable bonds is 7. The zero-order valence-corrected chi connectivity index (χ0v) is 20.3. The Morgan fingerprint density at radius 1 is 0.868 bits per heavy atom. The molecule has 5 rings (SSSR count). The van der Waals surface area contributed by atoms with E-state index in [-0.39, 0.29) is 23.0 Å². The lowest BCUT2D eigenvalue weighted by molar-refractivity contribution is 0.0998. The van der Waals surface area contributed by atoms with E-state index < -0.39 is 5.91 Å². The second-order valence-corrected chi connectivity index (χ2v) is 8.82. The Bertz CT molecular complexity index is 1600. The van der Waals surface area contributed by atoms with Crippen molar-refractivity contribution in [3.63, 3.8) is 0 Å². The Balaban J connectivity index is 1.36. The van der Waals surface area contributed by atoms with Gasteiger partial charge < -0.3 is 21.4 Å². The zero-order chi connectivity index (χ0) is 26.6. The minimum absolute atomic E-state index is 0.167. The van der Waals surface area contributed by atoms with E-state index in [1.165, 1.54) is 12.1 Å². The van der Waals surface area contributed by atoms with E-state index in [1.54, 1.807) is 55.0 Å². The molecule has 0 unspecified atom stereocenters. The molecule has 0 aliphatic rings. The lowest BCUT2D eigenvalue weighted by Gasteiger charge is -2.14. The number of benzene rings is 4. The highest BCUT2D eigenvalue weighted by Gasteiger charge is 2.16. The van der Waals surface area contributed by atoms with E-state index >= 15 is 0 Å². The largest absolute Gasteiger partial charge is 0.398 e. The van der Waals surface area contributed by atoms with Gasteiger partial charge in [0.15, 0.2) is 0 Å². The van der Waals surface area contributed by atoms with Gasteiger partial charge in [-0.15, -0.1) is 0 Å². The van der Waals surface area contributed by atoms with Gasteiger partial charge in [0.1, 0.15) is 5.82 Å². The lowest BCUT2D eigenvalue weighted by Crippen LogP contribution is -2.14. The lowest BCUT2D eigenvalue weighted by atomic mass is 9.93. The molecule has 1 aromatic heterocycles. The van der Waals surface area contributed by atoms with Crippen LogP contribution in [0.15, 0.2) is 104 Å². The van der Waals surface area contributed by atoms with Gasteiger partial charge in [-0.1, -0.05) is 36.4 Å². The van der Waals surface area contributed by atoms with Crippen LogP contribution in [-0.2, 0) is 6.54 Å². The van der Waals surface area contributed by atoms with Crippen LogP contribution in [0.5, 0.6) is 0 Å². The molecule has 0 bridgehead atoms. The fraction of sp³-hybridized carbons (Fsp3) is 0.0333. The molecule has 5 N–H and O–H groups in total. The molecule has 0 fully saturated rings. The molecule has 1 heterocycles. The van der Waals surface area contributed by atoms with Gasteiger partial charge in [0.2, 0.25) is 0 Å². The second-order valence-electron chi connectivity index (χ2n) is 8.82. The molecule has 2 amide bonds. The highest BCUT2D eigenvalue weighted by Crippen LogP contribution is 2.34. The molecule has 0 saturated heterocycles. The molecular formula is C30H24FN5O2. The monoisotopic (exact) mass is 505 g/mol. The highest BCUT2D eigenvalue weighted by molar-refractivity contribution is 6.05. The topological polar surface area (TPSA) is 116 Å². The summed E-state index contributed by atoms with van der Waals surface area (Å²) in [5.41, 5.74) is 17.2. The van der Waals surface area contributed by atoms with Crippen molar-refractivity contribution in [2.45, 2.75) is 6.54 Å². The molecule has 38 heavy (non-hydrogen) atoms. The third-order valence-corrected chi connectivity index (χ3v) is 6.22. The quantitative estimate of drug-likeness (QED) is 0.259. The number of carbonyl (C=O) groups excluding carboxylic acids is 2. The molecule has 8 heteroatoms. The number of anilines is 2. The SMILES string of the molecule is NC(=O)c1cc(-c2ccc(F)cc2)cc(-c2ccc(C(=O)Nc3ccc(Cn4ccnc4)cc3)cc2)c1N. The van der Waals surface area contributed by atoms with Crippen LogP contribution in [0.4, 0.5) is 15.8 Å². The van der Waals surface area contributed by atoms with Crippen molar-refractivity contribution in [1.29, 1.82) is 0 Å². The Morgan fingerprint density at radius 2 is 1.55 bits per heavy atom. The van der Waals surface area contributed by atoms with Crippen LogP contribution >= 0.6 is 0 Å². The van der Waals surface area contributed by atoms with Gasteiger partial charge in [0.05, 0.1) is 17.6 Å². The average Bonchev–Trinajstić information content (AvgIpc) is 3.43. The number of hydrogen-bond donors (Lipinski definition) is 3. The van der Waals surface area contributed by atoms with E-state index in [4.69, 9.17) is 11.5 Å². The van der Waals surface area contributed by atoms with Crippen molar-refractivity contribution < 1.29 is 14.0 Å². The summed E-state index contributed by atoms with van der Waals surface area (Å²) in [5.74, 6) is -1.29. The standard InChI is InChI=1S/C30H24FN5O2/c31-24-9-7-20(8-10-24)23-15-26(28(32)27(16-23)29(33)37)21-3-5-22(6-4-21)30(38)35-25-11-1-19(2-12-25)17-36-14-13-34-18-36/h1-16,18H,17,32H2,(H2,33,37)(H,35,38). The predicted octanol–water partition coefficient (Wildman–Crippen LogP) is 5.34. The van der Waals surface area contributed by atoms with Gasteiger partial charge >= 0.3 is 0 Å². The molecule has 0 aliphatic carbocycles. The van der Waals surface area contributed by atoms with E-state index in [0.717, 1.165) is 5.56 Å². The third-order valence-electron chi connectivity index (χ3n) is 6.22. The number of nitrogen functional groups attached to an aromatic ring is 1. The van der Waals surface area contributed by atoms with Crippen LogP contribution in [0, 0.1) is 5.82 Å². The maximum absolute atomic E-state index is 13.4. The van der Waals surface area contributed by atoms with E-state index in [0.29, 0.717) is 40.0 Å². The molecule has 4 aromatic carbocycles. The van der Waals surface area contributed by atoms with Gasteiger partial charge in [0, 0.05) is 35.8 Å². The normalized spacial score (nSPS) is 10.8. The Morgan fingerprint density at radius 3 is 2.18 bits per heavy atom. The number of amides is 2. The summed E-state index contributed by atoms with van der Waals surface area (Å²) in [7, 11) is 0. The summed E-state index contributed by atoms with van der Waals surface area (Å²) in [4.78, 5) is 29.0.